The van der Waals surface area contributed by atoms with Crippen LogP contribution in [0.2, 0.25) is 0 Å². The van der Waals surface area contributed by atoms with Crippen molar-refractivity contribution in [1.82, 2.24) is 0 Å². The maximum Gasteiger partial charge on any atom is 0.135 e. The molecule has 0 spiro atoms. The summed E-state index contributed by atoms with van der Waals surface area (Å²) in [6.07, 6.45) is 0. The molecule has 0 N–H and O–H groups in total. The summed E-state index contributed by atoms with van der Waals surface area (Å²) in [6.45, 7) is 0. The van der Waals surface area contributed by atoms with Crippen LogP contribution in [0.15, 0.2) is 113 Å². The predicted molar refractivity (Wildman–Crippen MR) is 132 cm³/mol. The number of hydrogen-bond donors (Lipinski definition) is 0. The zero-order valence-corrected chi connectivity index (χ0v) is 15.9. The van der Waals surface area contributed by atoms with Crippen LogP contribution in [-0.2, 0) is 0 Å². The molecule has 0 fully saturated rings. The van der Waals surface area contributed by atoms with Crippen molar-refractivity contribution in [3.63, 3.8) is 0 Å². The van der Waals surface area contributed by atoms with Gasteiger partial charge in [0, 0.05) is 10.8 Å². The molecule has 0 amide bonds. The van der Waals surface area contributed by atoms with Crippen LogP contribution in [0.4, 0.5) is 0 Å². The Kier molecular flexibility index (Phi) is 1.87. The van der Waals surface area contributed by atoms with Gasteiger partial charge in [0.1, 0.15) is 11.2 Å². The van der Waals surface area contributed by atoms with Crippen molar-refractivity contribution in [2.75, 3.05) is 0 Å². The molecule has 0 aliphatic carbocycles. The largest absolute Gasteiger partial charge is 0.456 e. The second-order valence-corrected chi connectivity index (χ2v) is 7.31. The molecule has 7 rings (SSSR count). The second kappa shape index (κ2) is 6.20. The van der Waals surface area contributed by atoms with Crippen LogP contribution in [0.3, 0.4) is 0 Å². The molecule has 0 bridgehead atoms. The highest BCUT2D eigenvalue weighted by Gasteiger charge is 2.14. The van der Waals surface area contributed by atoms with Gasteiger partial charge in [0.25, 0.3) is 0 Å². The number of benzene rings is 6. The molecule has 7 aromatic rings. The zero-order chi connectivity index (χ0) is 29.9. The Labute approximate surface area is 194 Å². The van der Waals surface area contributed by atoms with Crippen LogP contribution in [0, 0.1) is 0 Å². The lowest BCUT2D eigenvalue weighted by Crippen LogP contribution is -1.87. The Morgan fingerprint density at radius 2 is 1.32 bits per heavy atom. The first-order valence-electron chi connectivity index (χ1n) is 15.2. The average molecular weight is 406 g/mol. The number of fused-ring (bicyclic) bond motifs is 7. The third kappa shape index (κ3) is 2.38. The van der Waals surface area contributed by atoms with E-state index < -0.39 is 66.5 Å². The lowest BCUT2D eigenvalue weighted by atomic mass is 9.89. The molecule has 31 heavy (non-hydrogen) atoms. The van der Waals surface area contributed by atoms with Crippen LogP contribution < -0.4 is 0 Å². The summed E-state index contributed by atoms with van der Waals surface area (Å²) < 4.78 is 101. The van der Waals surface area contributed by atoms with Crippen molar-refractivity contribution < 1.29 is 19.5 Å². The van der Waals surface area contributed by atoms with E-state index in [1.54, 1.807) is 18.2 Å². The van der Waals surface area contributed by atoms with Gasteiger partial charge in [-0.05, 0) is 67.7 Å². The van der Waals surface area contributed by atoms with E-state index in [0.717, 1.165) is 5.39 Å². The molecule has 0 atom stereocenters. The quantitative estimate of drug-likeness (QED) is 0.197. The standard InChI is InChI=1S/C30H18O/c1-3-9-22-19(7-1)13-15-25-26(22)17-20-8-2-4-10-23(20)30(25)21-14-16-29-27(18-21)24-11-5-6-12-28(24)31-29/h1-18H/i1D,2D,3D,4D,7D,8D,9D,10D,13D,15D,17D. The molecule has 0 aliphatic rings. The van der Waals surface area contributed by atoms with Crippen LogP contribution in [0.25, 0.3) is 65.4 Å². The van der Waals surface area contributed by atoms with E-state index in [4.69, 9.17) is 18.1 Å². The minimum Gasteiger partial charge on any atom is -0.456 e. The van der Waals surface area contributed by atoms with E-state index in [1.807, 2.05) is 24.3 Å². The summed E-state index contributed by atoms with van der Waals surface area (Å²) in [7, 11) is 0. The Balaban J connectivity index is 1.84. The summed E-state index contributed by atoms with van der Waals surface area (Å²) in [5, 5.41) is 0.885. The van der Waals surface area contributed by atoms with Crippen LogP contribution >= 0.6 is 0 Å². The Bertz CT molecular complexity index is 2370. The number of hydrogen-bond acceptors (Lipinski definition) is 1. The highest BCUT2D eigenvalue weighted by atomic mass is 16.3. The monoisotopic (exact) mass is 405 g/mol. The van der Waals surface area contributed by atoms with E-state index in [1.165, 1.54) is 0 Å². The van der Waals surface area contributed by atoms with Gasteiger partial charge in [-0.15, -0.1) is 0 Å². The van der Waals surface area contributed by atoms with Crippen LogP contribution in [-0.4, -0.2) is 0 Å². The summed E-state index contributed by atoms with van der Waals surface area (Å²) in [6, 6.07) is 7.09. The van der Waals surface area contributed by atoms with Crippen molar-refractivity contribution >= 4 is 54.3 Å². The van der Waals surface area contributed by atoms with Gasteiger partial charge in [-0.3, -0.25) is 0 Å². The number of para-hydroxylation sites is 1. The fraction of sp³-hybridized carbons (Fsp3) is 0. The maximum absolute atomic E-state index is 9.19. The number of furan rings is 1. The molecule has 1 nitrogen and oxygen atoms in total. The lowest BCUT2D eigenvalue weighted by molar-refractivity contribution is 0.669. The van der Waals surface area contributed by atoms with Crippen molar-refractivity contribution in [2.45, 2.75) is 0 Å². The maximum atomic E-state index is 9.19. The summed E-state index contributed by atoms with van der Waals surface area (Å²) in [5.41, 5.74) is 1.81. The van der Waals surface area contributed by atoms with Gasteiger partial charge in [0.05, 0.1) is 15.1 Å². The molecule has 0 saturated carbocycles. The molecule has 1 heterocycles. The smallest absolute Gasteiger partial charge is 0.135 e. The molecule has 0 saturated heterocycles. The summed E-state index contributed by atoms with van der Waals surface area (Å²) in [4.78, 5) is 0. The molecule has 144 valence electrons. The lowest BCUT2D eigenvalue weighted by Gasteiger charge is -2.14. The minimum atomic E-state index is -0.577. The Morgan fingerprint density at radius 3 is 2.26 bits per heavy atom. The van der Waals surface area contributed by atoms with E-state index in [9.17, 15) is 1.37 Å². The molecule has 1 aromatic heterocycles. The fourth-order valence-corrected chi connectivity index (χ4v) is 4.23. The van der Waals surface area contributed by atoms with Crippen LogP contribution in [0.5, 0.6) is 0 Å². The van der Waals surface area contributed by atoms with Gasteiger partial charge in [-0.2, -0.15) is 0 Å². The molecular weight excluding hydrogens is 376 g/mol. The van der Waals surface area contributed by atoms with Gasteiger partial charge in [0.15, 0.2) is 0 Å². The molecule has 0 aliphatic heterocycles. The van der Waals surface area contributed by atoms with Gasteiger partial charge >= 0.3 is 0 Å². The Morgan fingerprint density at radius 1 is 0.548 bits per heavy atom. The van der Waals surface area contributed by atoms with Crippen molar-refractivity contribution in [1.29, 1.82) is 0 Å². The second-order valence-electron chi connectivity index (χ2n) is 7.31. The first-order valence-corrected chi connectivity index (χ1v) is 9.72. The third-order valence-corrected chi connectivity index (χ3v) is 5.60. The van der Waals surface area contributed by atoms with E-state index in [0.29, 0.717) is 22.1 Å². The molecular formula is C30H18O. The highest BCUT2D eigenvalue weighted by Crippen LogP contribution is 2.41. The third-order valence-electron chi connectivity index (χ3n) is 5.60. The van der Waals surface area contributed by atoms with Gasteiger partial charge in [-0.1, -0.05) is 84.7 Å². The van der Waals surface area contributed by atoms with Gasteiger partial charge in [0.2, 0.25) is 0 Å². The molecule has 0 radical (unpaired) electrons. The average Bonchev–Trinajstić information content (AvgIpc) is 3.36. The topological polar surface area (TPSA) is 13.1 Å². The number of rotatable bonds is 1. The van der Waals surface area contributed by atoms with Gasteiger partial charge < -0.3 is 4.42 Å². The minimum absolute atomic E-state index is 0.00721. The molecule has 0 unspecified atom stereocenters. The first kappa shape index (κ1) is 9.36. The molecule has 6 aromatic carbocycles. The predicted octanol–water partition coefficient (Wildman–Crippen LogP) is 8.71. The highest BCUT2D eigenvalue weighted by molar-refractivity contribution is 6.20. The summed E-state index contributed by atoms with van der Waals surface area (Å²) >= 11 is 0. The van der Waals surface area contributed by atoms with E-state index >= 15 is 0 Å². The van der Waals surface area contributed by atoms with Crippen molar-refractivity contribution in [2.24, 2.45) is 0 Å². The van der Waals surface area contributed by atoms with Gasteiger partial charge in [-0.25, -0.2) is 0 Å². The van der Waals surface area contributed by atoms with Crippen molar-refractivity contribution in [3.05, 3.63) is 109 Å². The van der Waals surface area contributed by atoms with Crippen molar-refractivity contribution in [3.8, 4) is 11.1 Å². The summed E-state index contributed by atoms with van der Waals surface area (Å²) in [5.74, 6) is 0. The molecule has 1 heteroatoms. The first-order chi connectivity index (χ1) is 20.0. The van der Waals surface area contributed by atoms with E-state index in [2.05, 4.69) is 0 Å². The SMILES string of the molecule is [2H]c1c([2H])c([2H])c2c([2H])c3c(c([2H])c([2H])c4c([2H])c([2H])c([2H])c([2H])c43)c(-c3ccc4oc5ccccc5c4c3)c2c1[2H]. The normalized spacial score (nSPS) is 16.8. The zero-order valence-electron chi connectivity index (χ0n) is 26.9. The Hall–Kier alpha value is -4.10. The van der Waals surface area contributed by atoms with Crippen LogP contribution in [0.1, 0.15) is 15.1 Å². The van der Waals surface area contributed by atoms with E-state index in [-0.39, 0.29) is 37.9 Å². The fourth-order valence-electron chi connectivity index (χ4n) is 4.23.